The van der Waals surface area contributed by atoms with E-state index in [0.717, 1.165) is 43.9 Å². The fourth-order valence-electron chi connectivity index (χ4n) is 4.60. The standard InChI is InChI=1S/C27H29N5O2S2/c1-3-29-13-15-30(16-14-29)24-21(25(33)32-18-19(2)9-10-23(32)28-24)17-22-26(34)31(27(35)36-22)12-11-20-7-5-4-6-8-20/h4-10,17-18H,3,11-16H2,1-2H3. The summed E-state index contributed by atoms with van der Waals surface area (Å²) < 4.78 is 2.09. The van der Waals surface area contributed by atoms with Gasteiger partial charge in [-0.3, -0.25) is 18.9 Å². The molecule has 1 aromatic carbocycles. The SMILES string of the molecule is CCN1CCN(c2nc3ccc(C)cn3c(=O)c2C=C2SC(=S)N(CCc3ccccc3)C2=O)CC1. The molecule has 7 nitrogen and oxygen atoms in total. The van der Waals surface area contributed by atoms with E-state index in [1.807, 2.05) is 49.4 Å². The molecule has 0 aliphatic carbocycles. The molecule has 5 rings (SSSR count). The highest BCUT2D eigenvalue weighted by atomic mass is 32.2. The lowest BCUT2D eigenvalue weighted by molar-refractivity contribution is -0.122. The van der Waals surface area contributed by atoms with Crippen molar-refractivity contribution in [3.63, 3.8) is 0 Å². The molecule has 2 aliphatic heterocycles. The van der Waals surface area contributed by atoms with Gasteiger partial charge in [0.15, 0.2) is 0 Å². The summed E-state index contributed by atoms with van der Waals surface area (Å²) in [6.07, 6.45) is 4.21. The number of hydrogen-bond acceptors (Lipinski definition) is 7. The second kappa shape index (κ2) is 10.5. The Morgan fingerprint density at radius 2 is 1.81 bits per heavy atom. The number of fused-ring (bicyclic) bond motifs is 1. The molecule has 0 spiro atoms. The first kappa shape index (κ1) is 24.7. The first-order valence-electron chi connectivity index (χ1n) is 12.2. The normalized spacial score (nSPS) is 18.1. The van der Waals surface area contributed by atoms with Crippen molar-refractivity contribution < 1.29 is 4.79 Å². The van der Waals surface area contributed by atoms with Gasteiger partial charge in [-0.25, -0.2) is 4.98 Å². The minimum Gasteiger partial charge on any atom is -0.353 e. The van der Waals surface area contributed by atoms with Crippen molar-refractivity contribution in [3.05, 3.63) is 80.6 Å². The van der Waals surface area contributed by atoms with E-state index >= 15 is 0 Å². The number of benzene rings is 1. The molecule has 9 heteroatoms. The summed E-state index contributed by atoms with van der Waals surface area (Å²) in [6, 6.07) is 13.9. The highest BCUT2D eigenvalue weighted by Crippen LogP contribution is 2.33. The van der Waals surface area contributed by atoms with Gasteiger partial charge in [0.25, 0.3) is 11.5 Å². The fourth-order valence-corrected chi connectivity index (χ4v) is 5.89. The number of likely N-dealkylation sites (N-methyl/N-ethyl adjacent to an activating group) is 1. The molecule has 0 N–H and O–H groups in total. The average Bonchev–Trinajstić information content (AvgIpc) is 3.17. The average molecular weight is 520 g/mol. The van der Waals surface area contributed by atoms with Crippen molar-refractivity contribution in [2.75, 3.05) is 44.2 Å². The van der Waals surface area contributed by atoms with Gasteiger partial charge in [0.05, 0.1) is 10.5 Å². The number of thioether (sulfide) groups is 1. The Hall–Kier alpha value is -3.01. The van der Waals surface area contributed by atoms with Crippen molar-refractivity contribution in [1.29, 1.82) is 0 Å². The maximum Gasteiger partial charge on any atom is 0.267 e. The molecule has 2 fully saturated rings. The van der Waals surface area contributed by atoms with Crippen LogP contribution >= 0.6 is 24.0 Å². The number of aromatic nitrogens is 2. The molecule has 0 atom stereocenters. The third-order valence-corrected chi connectivity index (χ3v) is 8.10. The summed E-state index contributed by atoms with van der Waals surface area (Å²) in [5, 5.41) is 0. The zero-order valence-electron chi connectivity index (χ0n) is 20.5. The van der Waals surface area contributed by atoms with E-state index in [0.29, 0.717) is 39.2 Å². The second-order valence-corrected chi connectivity index (χ2v) is 10.8. The Labute approximate surface area is 220 Å². The van der Waals surface area contributed by atoms with E-state index in [1.54, 1.807) is 21.6 Å². The molecule has 3 aromatic rings. The van der Waals surface area contributed by atoms with Crippen molar-refractivity contribution in [2.24, 2.45) is 0 Å². The number of carbonyl (C=O) groups is 1. The van der Waals surface area contributed by atoms with Gasteiger partial charge in [0, 0.05) is 38.9 Å². The molecule has 2 aliphatic rings. The van der Waals surface area contributed by atoms with Gasteiger partial charge in [-0.1, -0.05) is 67.3 Å². The molecule has 0 saturated carbocycles. The summed E-state index contributed by atoms with van der Waals surface area (Å²) in [5.74, 6) is 0.477. The molecule has 2 saturated heterocycles. The summed E-state index contributed by atoms with van der Waals surface area (Å²) in [7, 11) is 0. The molecular weight excluding hydrogens is 490 g/mol. The summed E-state index contributed by atoms with van der Waals surface area (Å²) >= 11 is 6.80. The van der Waals surface area contributed by atoms with Crippen LogP contribution in [0.1, 0.15) is 23.6 Å². The van der Waals surface area contributed by atoms with E-state index in [9.17, 15) is 9.59 Å². The van der Waals surface area contributed by atoms with Crippen molar-refractivity contribution >= 4 is 51.7 Å². The number of anilines is 1. The maximum absolute atomic E-state index is 13.7. The topological polar surface area (TPSA) is 61.2 Å². The Morgan fingerprint density at radius 1 is 1.06 bits per heavy atom. The van der Waals surface area contributed by atoms with Gasteiger partial charge >= 0.3 is 0 Å². The van der Waals surface area contributed by atoms with E-state index < -0.39 is 0 Å². The number of nitrogens with zero attached hydrogens (tertiary/aromatic N) is 5. The summed E-state index contributed by atoms with van der Waals surface area (Å²) in [6.45, 7) is 8.98. The Bertz CT molecular complexity index is 1390. The predicted octanol–water partition coefficient (Wildman–Crippen LogP) is 3.59. The molecule has 0 bridgehead atoms. The van der Waals surface area contributed by atoms with Crippen LogP contribution in [0.4, 0.5) is 5.82 Å². The highest BCUT2D eigenvalue weighted by molar-refractivity contribution is 8.26. The molecular formula is C27H29N5O2S2. The third kappa shape index (κ3) is 4.96. The number of rotatable bonds is 6. The number of amides is 1. The van der Waals surface area contributed by atoms with E-state index in [1.165, 1.54) is 11.8 Å². The van der Waals surface area contributed by atoms with Crippen LogP contribution in [0.25, 0.3) is 11.7 Å². The molecule has 0 unspecified atom stereocenters. The lowest BCUT2D eigenvalue weighted by atomic mass is 10.1. The van der Waals surface area contributed by atoms with Gasteiger partial charge in [-0.15, -0.1) is 0 Å². The number of hydrogen-bond donors (Lipinski definition) is 0. The molecule has 2 aromatic heterocycles. The zero-order chi connectivity index (χ0) is 25.2. The van der Waals surface area contributed by atoms with Crippen molar-refractivity contribution in [2.45, 2.75) is 20.3 Å². The van der Waals surface area contributed by atoms with E-state index in [4.69, 9.17) is 17.2 Å². The van der Waals surface area contributed by atoms with E-state index in [-0.39, 0.29) is 11.5 Å². The van der Waals surface area contributed by atoms with Gasteiger partial charge in [0.1, 0.15) is 15.8 Å². The number of carbonyl (C=O) groups excluding carboxylic acids is 1. The first-order chi connectivity index (χ1) is 17.4. The van der Waals surface area contributed by atoms with Crippen LogP contribution < -0.4 is 10.5 Å². The lowest BCUT2D eigenvalue weighted by Crippen LogP contribution is -2.47. The first-order valence-corrected chi connectivity index (χ1v) is 13.5. The van der Waals surface area contributed by atoms with Gasteiger partial charge in [-0.2, -0.15) is 0 Å². The maximum atomic E-state index is 13.7. The van der Waals surface area contributed by atoms with Gasteiger partial charge in [-0.05, 0) is 43.2 Å². The summed E-state index contributed by atoms with van der Waals surface area (Å²) in [4.78, 5) is 38.6. The predicted molar refractivity (Wildman–Crippen MR) is 151 cm³/mol. The Morgan fingerprint density at radius 3 is 2.53 bits per heavy atom. The fraction of sp³-hybridized carbons (Fsp3) is 0.333. The number of aryl methyl sites for hydroxylation is 1. The second-order valence-electron chi connectivity index (χ2n) is 9.08. The van der Waals surface area contributed by atoms with Crippen LogP contribution in [0, 0.1) is 6.92 Å². The van der Waals surface area contributed by atoms with Gasteiger partial charge in [0.2, 0.25) is 0 Å². The molecule has 1 amide bonds. The number of thiocarbonyl (C=S) groups is 1. The quantitative estimate of drug-likeness (QED) is 0.364. The van der Waals surface area contributed by atoms with Gasteiger partial charge < -0.3 is 9.80 Å². The van der Waals surface area contributed by atoms with Crippen LogP contribution in [0.5, 0.6) is 0 Å². The van der Waals surface area contributed by atoms with Crippen LogP contribution in [0.15, 0.2) is 58.4 Å². The minimum absolute atomic E-state index is 0.156. The van der Waals surface area contributed by atoms with Crippen LogP contribution in [-0.4, -0.2) is 68.7 Å². The molecule has 0 radical (unpaired) electrons. The lowest BCUT2D eigenvalue weighted by Gasteiger charge is -2.35. The number of piperazine rings is 1. The highest BCUT2D eigenvalue weighted by Gasteiger charge is 2.33. The van der Waals surface area contributed by atoms with Crippen molar-refractivity contribution in [1.82, 2.24) is 19.2 Å². The largest absolute Gasteiger partial charge is 0.353 e. The smallest absolute Gasteiger partial charge is 0.267 e. The zero-order valence-corrected chi connectivity index (χ0v) is 22.1. The molecule has 186 valence electrons. The van der Waals surface area contributed by atoms with Crippen molar-refractivity contribution in [3.8, 4) is 0 Å². The number of pyridine rings is 1. The monoisotopic (exact) mass is 519 g/mol. The summed E-state index contributed by atoms with van der Waals surface area (Å²) in [5.41, 5.74) is 2.98. The molecule has 4 heterocycles. The Kier molecular flexibility index (Phi) is 7.22. The van der Waals surface area contributed by atoms with Crippen LogP contribution in [0.3, 0.4) is 0 Å². The van der Waals surface area contributed by atoms with E-state index in [2.05, 4.69) is 16.7 Å². The third-order valence-electron chi connectivity index (χ3n) is 6.72. The van der Waals surface area contributed by atoms with Crippen LogP contribution in [-0.2, 0) is 11.2 Å². The molecule has 36 heavy (non-hydrogen) atoms. The Balaban J connectivity index is 1.50. The minimum atomic E-state index is -0.175. The van der Waals surface area contributed by atoms with Crippen LogP contribution in [0.2, 0.25) is 0 Å².